The quantitative estimate of drug-likeness (QED) is 0.479. The van der Waals surface area contributed by atoms with E-state index in [1.54, 1.807) is 36.7 Å². The van der Waals surface area contributed by atoms with E-state index in [9.17, 15) is 9.59 Å². The van der Waals surface area contributed by atoms with E-state index in [-0.39, 0.29) is 17.9 Å². The molecule has 0 aliphatic rings. The van der Waals surface area contributed by atoms with Crippen molar-refractivity contribution in [2.45, 2.75) is 33.7 Å². The number of Topliss-reactive ketones (excluding diaryl/α,β-unsaturated/α-hetero) is 1. The number of nitrogens with one attached hydrogen (secondary N) is 1. The van der Waals surface area contributed by atoms with Crippen molar-refractivity contribution in [3.8, 4) is 0 Å². The van der Waals surface area contributed by atoms with Gasteiger partial charge in [0, 0.05) is 37.7 Å². The number of H-pyrrole nitrogens is 1. The topological polar surface area (TPSA) is 111 Å². The SMILES string of the molecule is C/C=C(/Cn1ncc2c3sc(Cc4ccn[nH]4)nc3n(C)c2c1=O)N=C(C)C(C)=O. The maximum absolute atomic E-state index is 13.1. The molecule has 0 spiro atoms. The van der Waals surface area contributed by atoms with Crippen LogP contribution in [0.3, 0.4) is 0 Å². The molecule has 1 N–H and O–H groups in total. The fourth-order valence-corrected chi connectivity index (χ4v) is 4.33. The van der Waals surface area contributed by atoms with Gasteiger partial charge in [0.1, 0.15) is 10.5 Å². The summed E-state index contributed by atoms with van der Waals surface area (Å²) in [5, 5.41) is 13.0. The Labute approximate surface area is 175 Å². The number of carbonyl (C=O) groups excluding carboxylic acids is 1. The van der Waals surface area contributed by atoms with Crippen molar-refractivity contribution in [3.63, 3.8) is 0 Å². The van der Waals surface area contributed by atoms with Gasteiger partial charge in [-0.3, -0.25) is 19.7 Å². The third-order valence-corrected chi connectivity index (χ3v) is 6.01. The van der Waals surface area contributed by atoms with Crippen molar-refractivity contribution >= 4 is 44.1 Å². The van der Waals surface area contributed by atoms with Gasteiger partial charge < -0.3 is 4.57 Å². The van der Waals surface area contributed by atoms with Crippen LogP contribution in [0.5, 0.6) is 0 Å². The zero-order valence-electron chi connectivity index (χ0n) is 17.1. The molecule has 9 nitrogen and oxygen atoms in total. The Bertz CT molecular complexity index is 1370. The average Bonchev–Trinajstić information content (AvgIpc) is 3.42. The number of nitrogens with zero attached hydrogens (tertiary/aromatic N) is 6. The van der Waals surface area contributed by atoms with Crippen LogP contribution in [-0.2, 0) is 24.8 Å². The van der Waals surface area contributed by atoms with Gasteiger partial charge in [0.2, 0.25) is 0 Å². The highest BCUT2D eigenvalue weighted by Gasteiger charge is 2.18. The van der Waals surface area contributed by atoms with Crippen LogP contribution >= 0.6 is 11.3 Å². The van der Waals surface area contributed by atoms with Crippen LogP contribution < -0.4 is 5.56 Å². The lowest BCUT2D eigenvalue weighted by molar-refractivity contribution is -0.111. The van der Waals surface area contributed by atoms with Crippen molar-refractivity contribution in [1.82, 2.24) is 29.5 Å². The highest BCUT2D eigenvalue weighted by Crippen LogP contribution is 2.31. The maximum atomic E-state index is 13.1. The summed E-state index contributed by atoms with van der Waals surface area (Å²) < 4.78 is 4.12. The number of rotatable bonds is 6. The number of aromatic amines is 1. The van der Waals surface area contributed by atoms with Crippen LogP contribution in [0.1, 0.15) is 31.5 Å². The summed E-state index contributed by atoms with van der Waals surface area (Å²) in [4.78, 5) is 33.6. The maximum Gasteiger partial charge on any atom is 0.291 e. The Morgan fingerprint density at radius 2 is 2.17 bits per heavy atom. The standard InChI is InChI=1S/C20H21N7O2S/c1-5-13(23-11(2)12(3)28)10-27-20(29)17-15(9-22-27)18-19(26(17)4)24-16(30-18)8-14-6-7-21-25-14/h5-7,9H,8,10H2,1-4H3,(H,21,25)/b13-5-,23-11?. The van der Waals surface area contributed by atoms with Gasteiger partial charge in [-0.2, -0.15) is 10.2 Å². The first-order valence-corrected chi connectivity index (χ1v) is 10.2. The second-order valence-electron chi connectivity index (χ2n) is 6.98. The van der Waals surface area contributed by atoms with Crippen LogP contribution in [0, 0.1) is 0 Å². The fraction of sp³-hybridized carbons (Fsp3) is 0.300. The lowest BCUT2D eigenvalue weighted by atomic mass is 10.3. The molecule has 0 aliphatic carbocycles. The fourth-order valence-electron chi connectivity index (χ4n) is 3.21. The number of allylic oxidation sites excluding steroid dienone is 2. The van der Waals surface area contributed by atoms with Gasteiger partial charge in [-0.15, -0.1) is 11.3 Å². The summed E-state index contributed by atoms with van der Waals surface area (Å²) >= 11 is 1.55. The third kappa shape index (κ3) is 3.50. The van der Waals surface area contributed by atoms with Gasteiger partial charge in [0.05, 0.1) is 28.9 Å². The Morgan fingerprint density at radius 3 is 2.83 bits per heavy atom. The van der Waals surface area contributed by atoms with Gasteiger partial charge in [0.25, 0.3) is 5.56 Å². The molecule has 30 heavy (non-hydrogen) atoms. The molecular formula is C20H21N7O2S. The van der Waals surface area contributed by atoms with Gasteiger partial charge >= 0.3 is 0 Å². The molecule has 0 saturated heterocycles. The average molecular weight is 424 g/mol. The van der Waals surface area contributed by atoms with Crippen LogP contribution in [-0.4, -0.2) is 41.0 Å². The molecule has 4 heterocycles. The molecule has 0 bridgehead atoms. The minimum atomic E-state index is -0.217. The zero-order chi connectivity index (χ0) is 21.4. The minimum absolute atomic E-state index is 0.107. The zero-order valence-corrected chi connectivity index (χ0v) is 17.9. The van der Waals surface area contributed by atoms with Crippen molar-refractivity contribution in [3.05, 3.63) is 51.3 Å². The number of aryl methyl sites for hydroxylation is 1. The molecule has 0 unspecified atom stereocenters. The Balaban J connectivity index is 1.74. The Kier molecular flexibility index (Phi) is 5.17. The van der Waals surface area contributed by atoms with Gasteiger partial charge in [0.15, 0.2) is 11.4 Å². The molecule has 4 aromatic heterocycles. The molecule has 0 fully saturated rings. The number of hydrogen-bond donors (Lipinski definition) is 1. The van der Waals surface area contributed by atoms with E-state index in [4.69, 9.17) is 4.98 Å². The molecular weight excluding hydrogens is 402 g/mol. The van der Waals surface area contributed by atoms with E-state index in [1.165, 1.54) is 11.6 Å². The van der Waals surface area contributed by atoms with Crippen LogP contribution in [0.2, 0.25) is 0 Å². The predicted molar refractivity (Wildman–Crippen MR) is 117 cm³/mol. The lowest BCUT2D eigenvalue weighted by Gasteiger charge is -2.07. The number of aliphatic imine (C=N–C) groups is 1. The minimum Gasteiger partial charge on any atom is -0.323 e. The monoisotopic (exact) mass is 423 g/mol. The Hall–Kier alpha value is -3.40. The molecule has 154 valence electrons. The molecule has 4 aromatic rings. The molecule has 0 aliphatic heterocycles. The summed E-state index contributed by atoms with van der Waals surface area (Å²) in [5.74, 6) is -0.107. The highest BCUT2D eigenvalue weighted by atomic mass is 32.1. The number of thiazole rings is 1. The lowest BCUT2D eigenvalue weighted by Crippen LogP contribution is -2.25. The van der Waals surface area contributed by atoms with Crippen molar-refractivity contribution < 1.29 is 4.79 Å². The summed E-state index contributed by atoms with van der Waals surface area (Å²) in [6, 6.07) is 1.92. The number of carbonyl (C=O) groups is 1. The van der Waals surface area contributed by atoms with E-state index in [0.29, 0.717) is 23.3 Å². The number of ketones is 1. The highest BCUT2D eigenvalue weighted by molar-refractivity contribution is 7.19. The van der Waals surface area contributed by atoms with Crippen molar-refractivity contribution in [2.24, 2.45) is 12.0 Å². The number of aromatic nitrogens is 6. The van der Waals surface area contributed by atoms with Crippen molar-refractivity contribution in [2.75, 3.05) is 0 Å². The van der Waals surface area contributed by atoms with E-state index in [0.717, 1.165) is 26.4 Å². The first-order valence-electron chi connectivity index (χ1n) is 9.42. The molecule has 0 radical (unpaired) electrons. The molecule has 0 saturated carbocycles. The summed E-state index contributed by atoms with van der Waals surface area (Å²) in [6.45, 7) is 5.13. The molecule has 10 heteroatoms. The Morgan fingerprint density at radius 1 is 1.37 bits per heavy atom. The number of fused-ring (bicyclic) bond motifs is 3. The first kappa shape index (κ1) is 19.9. The van der Waals surface area contributed by atoms with E-state index < -0.39 is 0 Å². The summed E-state index contributed by atoms with van der Waals surface area (Å²) in [5.41, 5.74) is 3.08. The molecule has 0 atom stereocenters. The predicted octanol–water partition coefficient (Wildman–Crippen LogP) is 2.61. The normalized spacial score (nSPS) is 12.9. The first-order chi connectivity index (χ1) is 14.4. The van der Waals surface area contributed by atoms with Gasteiger partial charge in [-0.25, -0.2) is 9.67 Å². The van der Waals surface area contributed by atoms with Crippen LogP contribution in [0.25, 0.3) is 21.3 Å². The third-order valence-electron chi connectivity index (χ3n) is 4.94. The van der Waals surface area contributed by atoms with E-state index in [2.05, 4.69) is 20.3 Å². The smallest absolute Gasteiger partial charge is 0.291 e. The summed E-state index contributed by atoms with van der Waals surface area (Å²) in [6.07, 6.45) is 5.85. The second-order valence-corrected chi connectivity index (χ2v) is 8.06. The van der Waals surface area contributed by atoms with E-state index in [1.807, 2.05) is 24.6 Å². The number of hydrogen-bond acceptors (Lipinski definition) is 7. The van der Waals surface area contributed by atoms with Gasteiger partial charge in [-0.05, 0) is 19.9 Å². The van der Waals surface area contributed by atoms with Crippen molar-refractivity contribution in [1.29, 1.82) is 0 Å². The molecule has 0 amide bonds. The molecule has 4 rings (SSSR count). The largest absolute Gasteiger partial charge is 0.323 e. The summed E-state index contributed by atoms with van der Waals surface area (Å²) in [7, 11) is 1.84. The second kappa shape index (κ2) is 7.79. The van der Waals surface area contributed by atoms with Gasteiger partial charge in [-0.1, -0.05) is 6.08 Å². The van der Waals surface area contributed by atoms with Crippen LogP contribution in [0.15, 0.2) is 40.0 Å². The molecule has 0 aromatic carbocycles. The van der Waals surface area contributed by atoms with Crippen LogP contribution in [0.4, 0.5) is 0 Å². The van der Waals surface area contributed by atoms with E-state index >= 15 is 0 Å².